The predicted molar refractivity (Wildman–Crippen MR) is 45.4 cm³/mol. The number of anilines is 1. The van der Waals surface area contributed by atoms with E-state index >= 15 is 0 Å². The molecule has 0 aromatic heterocycles. The maximum Gasteiger partial charge on any atom is 0.115 e. The molecular formula is C8H12N2O. The Morgan fingerprint density at radius 2 is 1.91 bits per heavy atom. The lowest BCUT2D eigenvalue weighted by atomic mass is 10.3. The number of phenolic OH excluding ortho intramolecular Hbond substituents is 1. The van der Waals surface area contributed by atoms with E-state index in [1.165, 1.54) is 0 Å². The second-order valence-corrected chi connectivity index (χ2v) is 2.48. The Labute approximate surface area is 65.8 Å². The fourth-order valence-corrected chi connectivity index (χ4v) is 0.821. The minimum absolute atomic E-state index is 0.0699. The highest BCUT2D eigenvalue weighted by molar-refractivity contribution is 5.46. The molecular weight excluding hydrogens is 140 g/mol. The molecule has 1 aromatic carbocycles. The van der Waals surface area contributed by atoms with Crippen molar-refractivity contribution in [3.63, 3.8) is 0 Å². The third kappa shape index (κ3) is 2.47. The van der Waals surface area contributed by atoms with Gasteiger partial charge in [-0.15, -0.1) is 0 Å². The molecule has 0 saturated heterocycles. The first kappa shape index (κ1) is 7.88. The van der Waals surface area contributed by atoms with Gasteiger partial charge >= 0.3 is 0 Å². The van der Waals surface area contributed by atoms with Crippen molar-refractivity contribution >= 4 is 5.69 Å². The molecule has 0 aliphatic carbocycles. The molecule has 0 saturated carbocycles. The minimum atomic E-state index is -0.0699. The van der Waals surface area contributed by atoms with Gasteiger partial charge in [0.1, 0.15) is 5.75 Å². The van der Waals surface area contributed by atoms with Gasteiger partial charge in [0.25, 0.3) is 0 Å². The van der Waals surface area contributed by atoms with Gasteiger partial charge in [-0.05, 0) is 31.2 Å². The van der Waals surface area contributed by atoms with E-state index in [1.54, 1.807) is 24.3 Å². The second kappa shape index (κ2) is 3.25. The maximum absolute atomic E-state index is 8.93. The molecule has 3 heteroatoms. The molecule has 1 unspecified atom stereocenters. The van der Waals surface area contributed by atoms with E-state index in [9.17, 15) is 0 Å². The molecule has 0 spiro atoms. The van der Waals surface area contributed by atoms with Crippen LogP contribution in [0.3, 0.4) is 0 Å². The van der Waals surface area contributed by atoms with Crippen LogP contribution in [0.25, 0.3) is 0 Å². The number of nitrogens with one attached hydrogen (secondary N) is 1. The third-order valence-electron chi connectivity index (χ3n) is 1.26. The lowest BCUT2D eigenvalue weighted by Gasteiger charge is -2.08. The maximum atomic E-state index is 8.93. The Morgan fingerprint density at radius 1 is 1.36 bits per heavy atom. The van der Waals surface area contributed by atoms with Gasteiger partial charge in [-0.25, -0.2) is 0 Å². The second-order valence-electron chi connectivity index (χ2n) is 2.48. The zero-order valence-electron chi connectivity index (χ0n) is 6.41. The first-order valence-electron chi connectivity index (χ1n) is 3.49. The summed E-state index contributed by atoms with van der Waals surface area (Å²) in [5.41, 5.74) is 6.40. The smallest absolute Gasteiger partial charge is 0.115 e. The number of benzene rings is 1. The van der Waals surface area contributed by atoms with Crippen LogP contribution in [-0.2, 0) is 0 Å². The van der Waals surface area contributed by atoms with Crippen LogP contribution in [0.5, 0.6) is 5.75 Å². The lowest BCUT2D eigenvalue weighted by molar-refractivity contribution is 0.475. The fourth-order valence-electron chi connectivity index (χ4n) is 0.821. The van der Waals surface area contributed by atoms with Crippen LogP contribution in [0.2, 0.25) is 0 Å². The van der Waals surface area contributed by atoms with Crippen LogP contribution in [0, 0.1) is 0 Å². The fraction of sp³-hybridized carbons (Fsp3) is 0.250. The Hall–Kier alpha value is -1.22. The number of rotatable bonds is 2. The van der Waals surface area contributed by atoms with Gasteiger partial charge in [0.05, 0.1) is 6.17 Å². The summed E-state index contributed by atoms with van der Waals surface area (Å²) >= 11 is 0. The zero-order valence-corrected chi connectivity index (χ0v) is 6.41. The van der Waals surface area contributed by atoms with Crippen LogP contribution in [0.1, 0.15) is 6.92 Å². The van der Waals surface area contributed by atoms with Crippen molar-refractivity contribution < 1.29 is 5.11 Å². The van der Waals surface area contributed by atoms with E-state index in [-0.39, 0.29) is 11.9 Å². The Bertz CT molecular complexity index is 218. The van der Waals surface area contributed by atoms with Gasteiger partial charge in [-0.2, -0.15) is 0 Å². The van der Waals surface area contributed by atoms with E-state index in [1.807, 2.05) is 6.92 Å². The Morgan fingerprint density at radius 3 is 2.36 bits per heavy atom. The Balaban J connectivity index is 2.66. The molecule has 4 N–H and O–H groups in total. The van der Waals surface area contributed by atoms with Gasteiger partial charge < -0.3 is 16.2 Å². The molecule has 0 heterocycles. The number of hydrogen-bond acceptors (Lipinski definition) is 3. The normalized spacial score (nSPS) is 12.5. The highest BCUT2D eigenvalue weighted by Gasteiger charge is 1.93. The van der Waals surface area contributed by atoms with Gasteiger partial charge in [0.15, 0.2) is 0 Å². The van der Waals surface area contributed by atoms with Crippen molar-refractivity contribution in [2.75, 3.05) is 5.32 Å². The van der Waals surface area contributed by atoms with Crippen molar-refractivity contribution in [1.29, 1.82) is 0 Å². The average Bonchev–Trinajstić information content (AvgIpc) is 1.93. The SMILES string of the molecule is CC(N)Nc1ccc(O)cc1. The van der Waals surface area contributed by atoms with E-state index in [0.29, 0.717) is 0 Å². The summed E-state index contributed by atoms with van der Waals surface area (Å²) in [6.07, 6.45) is -0.0699. The molecule has 11 heavy (non-hydrogen) atoms. The summed E-state index contributed by atoms with van der Waals surface area (Å²) in [5.74, 6) is 0.264. The third-order valence-corrected chi connectivity index (χ3v) is 1.26. The lowest BCUT2D eigenvalue weighted by Crippen LogP contribution is -2.24. The quantitative estimate of drug-likeness (QED) is 0.439. The Kier molecular flexibility index (Phi) is 2.33. The van der Waals surface area contributed by atoms with Crippen LogP contribution in [0.4, 0.5) is 5.69 Å². The highest BCUT2D eigenvalue weighted by Crippen LogP contribution is 2.13. The molecule has 1 aromatic rings. The number of hydrogen-bond donors (Lipinski definition) is 3. The molecule has 0 fully saturated rings. The topological polar surface area (TPSA) is 58.3 Å². The minimum Gasteiger partial charge on any atom is -0.508 e. The van der Waals surface area contributed by atoms with E-state index in [0.717, 1.165) is 5.69 Å². The number of phenols is 1. The van der Waals surface area contributed by atoms with Gasteiger partial charge in [0, 0.05) is 5.69 Å². The zero-order chi connectivity index (χ0) is 8.27. The van der Waals surface area contributed by atoms with E-state index in [4.69, 9.17) is 10.8 Å². The van der Waals surface area contributed by atoms with Crippen molar-refractivity contribution in [1.82, 2.24) is 0 Å². The number of aromatic hydroxyl groups is 1. The molecule has 0 aliphatic heterocycles. The van der Waals surface area contributed by atoms with Crippen LogP contribution in [-0.4, -0.2) is 11.3 Å². The van der Waals surface area contributed by atoms with E-state index < -0.39 is 0 Å². The number of nitrogens with two attached hydrogens (primary N) is 1. The monoisotopic (exact) mass is 152 g/mol. The highest BCUT2D eigenvalue weighted by atomic mass is 16.3. The van der Waals surface area contributed by atoms with Crippen LogP contribution < -0.4 is 11.1 Å². The molecule has 1 atom stereocenters. The predicted octanol–water partition coefficient (Wildman–Crippen LogP) is 1.11. The van der Waals surface area contributed by atoms with Crippen molar-refractivity contribution in [2.24, 2.45) is 5.73 Å². The summed E-state index contributed by atoms with van der Waals surface area (Å²) in [5, 5.41) is 11.9. The first-order valence-corrected chi connectivity index (χ1v) is 3.49. The van der Waals surface area contributed by atoms with Crippen molar-refractivity contribution in [2.45, 2.75) is 13.1 Å². The first-order chi connectivity index (χ1) is 5.18. The molecule has 0 bridgehead atoms. The molecule has 3 nitrogen and oxygen atoms in total. The van der Waals surface area contributed by atoms with Gasteiger partial charge in [-0.1, -0.05) is 0 Å². The van der Waals surface area contributed by atoms with Gasteiger partial charge in [0.2, 0.25) is 0 Å². The standard InChI is InChI=1S/C8H12N2O/c1-6(9)10-7-2-4-8(11)5-3-7/h2-6,10-11H,9H2,1H3. The summed E-state index contributed by atoms with van der Waals surface area (Å²) in [6.45, 7) is 1.85. The summed E-state index contributed by atoms with van der Waals surface area (Å²) in [6, 6.07) is 6.78. The van der Waals surface area contributed by atoms with E-state index in [2.05, 4.69) is 5.32 Å². The largest absolute Gasteiger partial charge is 0.508 e. The summed E-state index contributed by atoms with van der Waals surface area (Å²) < 4.78 is 0. The van der Waals surface area contributed by atoms with Crippen LogP contribution in [0.15, 0.2) is 24.3 Å². The molecule has 0 aliphatic rings. The molecule has 1 rings (SSSR count). The van der Waals surface area contributed by atoms with Gasteiger partial charge in [-0.3, -0.25) is 0 Å². The summed E-state index contributed by atoms with van der Waals surface area (Å²) in [7, 11) is 0. The molecule has 0 amide bonds. The molecule has 0 radical (unpaired) electrons. The molecule has 60 valence electrons. The summed E-state index contributed by atoms with van der Waals surface area (Å²) in [4.78, 5) is 0. The van der Waals surface area contributed by atoms with Crippen LogP contribution >= 0.6 is 0 Å². The van der Waals surface area contributed by atoms with Crippen molar-refractivity contribution in [3.05, 3.63) is 24.3 Å². The average molecular weight is 152 g/mol. The van der Waals surface area contributed by atoms with Crippen molar-refractivity contribution in [3.8, 4) is 5.75 Å².